The van der Waals surface area contributed by atoms with Crippen molar-refractivity contribution in [3.8, 4) is 11.4 Å². The number of aryl methyl sites for hydroxylation is 1. The summed E-state index contributed by atoms with van der Waals surface area (Å²) in [6.07, 6.45) is 4.84. The number of carbonyl (C=O) groups excluding carboxylic acids is 1. The molecule has 0 aliphatic carbocycles. The van der Waals surface area contributed by atoms with Gasteiger partial charge in [0.25, 0.3) is 0 Å². The van der Waals surface area contributed by atoms with E-state index in [-0.39, 0.29) is 30.7 Å². The lowest BCUT2D eigenvalue weighted by Crippen LogP contribution is -2.32. The predicted octanol–water partition coefficient (Wildman–Crippen LogP) is 3.29. The van der Waals surface area contributed by atoms with Crippen LogP contribution in [0.15, 0.2) is 59.4 Å². The summed E-state index contributed by atoms with van der Waals surface area (Å²) < 4.78 is 5.28. The van der Waals surface area contributed by atoms with Gasteiger partial charge in [-0.25, -0.2) is 0 Å². The van der Waals surface area contributed by atoms with Crippen molar-refractivity contribution in [2.45, 2.75) is 25.8 Å². The van der Waals surface area contributed by atoms with Crippen LogP contribution in [0.3, 0.4) is 0 Å². The van der Waals surface area contributed by atoms with E-state index in [1.165, 1.54) is 0 Å². The van der Waals surface area contributed by atoms with E-state index in [1.54, 1.807) is 12.4 Å². The molecule has 0 aliphatic rings. The standard InChI is InChI=1S/C20H23N5O2.2ClH/c21-11-4-14-25(15-16-5-2-1-3-6-16)19(26)8-7-18-23-20(24-27-18)17-9-12-22-13-10-17;;/h1-3,5-6,9-10,12-13H,4,7-8,11,14-15,21H2;2*1H. The van der Waals surface area contributed by atoms with Gasteiger partial charge >= 0.3 is 0 Å². The molecule has 0 bridgehead atoms. The van der Waals surface area contributed by atoms with Gasteiger partial charge in [0.2, 0.25) is 17.6 Å². The van der Waals surface area contributed by atoms with Crippen LogP contribution < -0.4 is 5.73 Å². The number of pyridine rings is 1. The second kappa shape index (κ2) is 12.9. The van der Waals surface area contributed by atoms with E-state index in [9.17, 15) is 4.79 Å². The molecule has 156 valence electrons. The van der Waals surface area contributed by atoms with Crippen molar-refractivity contribution >= 4 is 30.7 Å². The van der Waals surface area contributed by atoms with Gasteiger partial charge in [0.15, 0.2) is 0 Å². The Morgan fingerprint density at radius 2 is 1.79 bits per heavy atom. The van der Waals surface area contributed by atoms with Crippen LogP contribution in [-0.2, 0) is 17.8 Å². The molecular formula is C20H25Cl2N5O2. The number of rotatable bonds is 9. The van der Waals surface area contributed by atoms with Crippen LogP contribution in [0.25, 0.3) is 11.4 Å². The predicted molar refractivity (Wildman–Crippen MR) is 116 cm³/mol. The van der Waals surface area contributed by atoms with Gasteiger partial charge in [0.05, 0.1) is 0 Å². The first-order valence-corrected chi connectivity index (χ1v) is 9.01. The normalized spacial score (nSPS) is 9.97. The third kappa shape index (κ3) is 7.45. The van der Waals surface area contributed by atoms with Gasteiger partial charge < -0.3 is 15.2 Å². The Balaban J connectivity index is 0.00000210. The maximum atomic E-state index is 12.7. The smallest absolute Gasteiger partial charge is 0.227 e. The number of hydrogen-bond acceptors (Lipinski definition) is 6. The summed E-state index contributed by atoms with van der Waals surface area (Å²) >= 11 is 0. The minimum atomic E-state index is 0. The largest absolute Gasteiger partial charge is 0.339 e. The lowest BCUT2D eigenvalue weighted by atomic mass is 10.2. The lowest BCUT2D eigenvalue weighted by Gasteiger charge is -2.22. The van der Waals surface area contributed by atoms with Crippen molar-refractivity contribution in [3.63, 3.8) is 0 Å². The minimum absolute atomic E-state index is 0. The van der Waals surface area contributed by atoms with E-state index in [2.05, 4.69) is 15.1 Å². The number of hydrogen-bond donors (Lipinski definition) is 1. The number of amides is 1. The van der Waals surface area contributed by atoms with Gasteiger partial charge in [-0.05, 0) is 30.7 Å². The molecule has 2 N–H and O–H groups in total. The highest BCUT2D eigenvalue weighted by Crippen LogP contribution is 2.15. The first-order chi connectivity index (χ1) is 13.3. The van der Waals surface area contributed by atoms with Crippen molar-refractivity contribution in [3.05, 3.63) is 66.3 Å². The number of benzene rings is 1. The molecule has 3 aromatic rings. The van der Waals surface area contributed by atoms with E-state index in [0.717, 1.165) is 17.5 Å². The number of nitrogens with zero attached hydrogens (tertiary/aromatic N) is 4. The van der Waals surface area contributed by atoms with Crippen LogP contribution in [0.4, 0.5) is 0 Å². The van der Waals surface area contributed by atoms with Crippen molar-refractivity contribution in [1.29, 1.82) is 0 Å². The number of carbonyl (C=O) groups is 1. The van der Waals surface area contributed by atoms with Crippen molar-refractivity contribution in [2.24, 2.45) is 5.73 Å². The van der Waals surface area contributed by atoms with E-state index in [0.29, 0.717) is 44.2 Å². The fraction of sp³-hybridized carbons (Fsp3) is 0.300. The molecule has 0 fully saturated rings. The second-order valence-corrected chi connectivity index (χ2v) is 6.19. The molecule has 1 aromatic carbocycles. The quantitative estimate of drug-likeness (QED) is 0.551. The van der Waals surface area contributed by atoms with Gasteiger partial charge in [-0.1, -0.05) is 35.5 Å². The van der Waals surface area contributed by atoms with Crippen LogP contribution in [0.2, 0.25) is 0 Å². The zero-order valence-electron chi connectivity index (χ0n) is 15.9. The molecule has 0 saturated heterocycles. The van der Waals surface area contributed by atoms with E-state index < -0.39 is 0 Å². The number of nitrogens with two attached hydrogens (primary N) is 1. The Bertz CT molecular complexity index is 846. The van der Waals surface area contributed by atoms with Crippen LogP contribution in [-0.4, -0.2) is 39.0 Å². The molecule has 0 saturated carbocycles. The fourth-order valence-electron chi connectivity index (χ4n) is 2.72. The van der Waals surface area contributed by atoms with Crippen molar-refractivity contribution in [2.75, 3.05) is 13.1 Å². The molecule has 0 unspecified atom stereocenters. The topological polar surface area (TPSA) is 98.1 Å². The average molecular weight is 438 g/mol. The summed E-state index contributed by atoms with van der Waals surface area (Å²) in [6.45, 7) is 1.76. The molecular weight excluding hydrogens is 413 g/mol. The lowest BCUT2D eigenvalue weighted by molar-refractivity contribution is -0.131. The van der Waals surface area contributed by atoms with Crippen molar-refractivity contribution < 1.29 is 9.32 Å². The zero-order chi connectivity index (χ0) is 18.9. The van der Waals surface area contributed by atoms with Gasteiger partial charge in [0, 0.05) is 43.9 Å². The van der Waals surface area contributed by atoms with Gasteiger partial charge in [-0.15, -0.1) is 24.8 Å². The molecule has 1 amide bonds. The average Bonchev–Trinajstić information content (AvgIpc) is 3.20. The third-order valence-electron chi connectivity index (χ3n) is 4.16. The van der Waals surface area contributed by atoms with Crippen LogP contribution in [0.1, 0.15) is 24.3 Å². The molecule has 0 atom stereocenters. The maximum Gasteiger partial charge on any atom is 0.227 e. The highest BCUT2D eigenvalue weighted by atomic mass is 35.5. The first kappa shape index (κ1) is 24.6. The third-order valence-corrected chi connectivity index (χ3v) is 4.16. The zero-order valence-corrected chi connectivity index (χ0v) is 17.6. The minimum Gasteiger partial charge on any atom is -0.339 e. The Morgan fingerprint density at radius 3 is 2.48 bits per heavy atom. The molecule has 7 nitrogen and oxygen atoms in total. The fourth-order valence-corrected chi connectivity index (χ4v) is 2.72. The molecule has 0 aliphatic heterocycles. The summed E-state index contributed by atoms with van der Waals surface area (Å²) in [5.74, 6) is 1.01. The Morgan fingerprint density at radius 1 is 1.07 bits per heavy atom. The Kier molecular flexibility index (Phi) is 10.9. The Hall–Kier alpha value is -2.48. The summed E-state index contributed by atoms with van der Waals surface area (Å²) in [4.78, 5) is 22.9. The SMILES string of the molecule is Cl.Cl.NCCCN(Cc1ccccc1)C(=O)CCc1nc(-c2ccncc2)no1. The first-order valence-electron chi connectivity index (χ1n) is 9.01. The summed E-state index contributed by atoms with van der Waals surface area (Å²) in [5.41, 5.74) is 7.55. The number of aromatic nitrogens is 3. The van der Waals surface area contributed by atoms with Crippen LogP contribution in [0.5, 0.6) is 0 Å². The highest BCUT2D eigenvalue weighted by molar-refractivity contribution is 5.85. The molecule has 9 heteroatoms. The monoisotopic (exact) mass is 437 g/mol. The van der Waals surface area contributed by atoms with E-state index in [4.69, 9.17) is 10.3 Å². The summed E-state index contributed by atoms with van der Waals surface area (Å²) in [6, 6.07) is 13.6. The molecule has 0 radical (unpaired) electrons. The van der Waals surface area contributed by atoms with Gasteiger partial charge in [-0.3, -0.25) is 9.78 Å². The molecule has 3 rings (SSSR count). The van der Waals surface area contributed by atoms with E-state index >= 15 is 0 Å². The van der Waals surface area contributed by atoms with Gasteiger partial charge in [-0.2, -0.15) is 4.98 Å². The van der Waals surface area contributed by atoms with Crippen LogP contribution in [0, 0.1) is 0 Å². The summed E-state index contributed by atoms with van der Waals surface area (Å²) in [5, 5.41) is 3.97. The second-order valence-electron chi connectivity index (χ2n) is 6.19. The molecule has 2 aromatic heterocycles. The van der Waals surface area contributed by atoms with E-state index in [1.807, 2.05) is 47.4 Å². The summed E-state index contributed by atoms with van der Waals surface area (Å²) in [7, 11) is 0. The number of halogens is 2. The maximum absolute atomic E-state index is 12.7. The molecule has 29 heavy (non-hydrogen) atoms. The highest BCUT2D eigenvalue weighted by Gasteiger charge is 2.16. The Labute approximate surface area is 182 Å². The molecule has 2 heterocycles. The van der Waals surface area contributed by atoms with Crippen molar-refractivity contribution in [1.82, 2.24) is 20.0 Å². The van der Waals surface area contributed by atoms with Crippen LogP contribution >= 0.6 is 24.8 Å². The van der Waals surface area contributed by atoms with Gasteiger partial charge in [0.1, 0.15) is 0 Å². The molecule has 0 spiro atoms.